The fourth-order valence-corrected chi connectivity index (χ4v) is 2.66. The highest BCUT2D eigenvalue weighted by atomic mass is 16.5. The normalized spacial score (nSPS) is 19.9. The van der Waals surface area contributed by atoms with Crippen molar-refractivity contribution >= 4 is 0 Å². The minimum atomic E-state index is 0.00938. The van der Waals surface area contributed by atoms with Crippen LogP contribution in [0.25, 0.3) is 0 Å². The van der Waals surface area contributed by atoms with Crippen molar-refractivity contribution in [3.63, 3.8) is 0 Å². The number of morpholine rings is 1. The summed E-state index contributed by atoms with van der Waals surface area (Å²) in [5.74, 6) is 0.837. The molecule has 1 N–H and O–H groups in total. The highest BCUT2D eigenvalue weighted by Gasteiger charge is 2.24. The van der Waals surface area contributed by atoms with Crippen LogP contribution >= 0.6 is 0 Å². The highest BCUT2D eigenvalue weighted by molar-refractivity contribution is 5.12. The third-order valence-corrected chi connectivity index (χ3v) is 3.64. The van der Waals surface area contributed by atoms with E-state index in [0.29, 0.717) is 0 Å². The molecule has 1 unspecified atom stereocenters. The summed E-state index contributed by atoms with van der Waals surface area (Å²) in [5, 5.41) is 3.40. The van der Waals surface area contributed by atoms with Crippen LogP contribution in [0, 0.1) is 6.92 Å². The van der Waals surface area contributed by atoms with Crippen LogP contribution in [0.4, 0.5) is 0 Å². The first-order valence-corrected chi connectivity index (χ1v) is 8.12. The molecule has 1 aromatic heterocycles. The molecule has 118 valence electrons. The topological polar surface area (TPSA) is 50.3 Å². The van der Waals surface area contributed by atoms with E-state index in [0.717, 1.165) is 63.0 Å². The molecule has 21 heavy (non-hydrogen) atoms. The molecule has 1 saturated heterocycles. The van der Waals surface area contributed by atoms with Gasteiger partial charge in [-0.05, 0) is 38.9 Å². The van der Waals surface area contributed by atoms with Gasteiger partial charge >= 0.3 is 0 Å². The van der Waals surface area contributed by atoms with Gasteiger partial charge in [0.1, 0.15) is 6.10 Å². The molecule has 2 heterocycles. The Labute approximate surface area is 128 Å². The van der Waals surface area contributed by atoms with Crippen LogP contribution in [-0.4, -0.2) is 47.7 Å². The zero-order valence-corrected chi connectivity index (χ0v) is 13.6. The van der Waals surface area contributed by atoms with Gasteiger partial charge in [0.25, 0.3) is 0 Å². The first kappa shape index (κ1) is 16.3. The molecule has 1 aromatic rings. The molecule has 0 amide bonds. The third kappa shape index (κ3) is 5.02. The van der Waals surface area contributed by atoms with Gasteiger partial charge < -0.3 is 10.1 Å². The second kappa shape index (κ2) is 8.41. The fraction of sp³-hybridized carbons (Fsp3) is 0.750. The van der Waals surface area contributed by atoms with Gasteiger partial charge in [0.15, 0.2) is 5.82 Å². The predicted molar refractivity (Wildman–Crippen MR) is 84.2 cm³/mol. The molecule has 1 fully saturated rings. The molecule has 0 aromatic carbocycles. The number of hydrogen-bond acceptors (Lipinski definition) is 5. The smallest absolute Gasteiger partial charge is 0.158 e. The van der Waals surface area contributed by atoms with Crippen molar-refractivity contribution in [2.75, 3.05) is 32.8 Å². The van der Waals surface area contributed by atoms with E-state index >= 15 is 0 Å². The SMILES string of the molecule is CCCNCc1cc(C)nc(C2CN(CCC)CCO2)n1. The van der Waals surface area contributed by atoms with E-state index in [1.165, 1.54) is 6.42 Å². The molecule has 0 radical (unpaired) electrons. The molecule has 5 heteroatoms. The van der Waals surface area contributed by atoms with Gasteiger partial charge in [-0.2, -0.15) is 0 Å². The maximum Gasteiger partial charge on any atom is 0.158 e. The van der Waals surface area contributed by atoms with Crippen molar-refractivity contribution in [1.82, 2.24) is 20.2 Å². The molecule has 1 aliphatic rings. The number of aryl methyl sites for hydroxylation is 1. The number of aromatic nitrogens is 2. The van der Waals surface area contributed by atoms with Crippen LogP contribution in [0.3, 0.4) is 0 Å². The van der Waals surface area contributed by atoms with Crippen molar-refractivity contribution in [2.45, 2.75) is 46.3 Å². The Morgan fingerprint density at radius 2 is 2.19 bits per heavy atom. The average Bonchev–Trinajstić information content (AvgIpc) is 2.48. The Morgan fingerprint density at radius 3 is 2.95 bits per heavy atom. The summed E-state index contributed by atoms with van der Waals surface area (Å²) in [6.07, 6.45) is 2.32. The van der Waals surface area contributed by atoms with Gasteiger partial charge in [0.2, 0.25) is 0 Å². The lowest BCUT2D eigenvalue weighted by molar-refractivity contribution is -0.0343. The lowest BCUT2D eigenvalue weighted by Crippen LogP contribution is -2.39. The van der Waals surface area contributed by atoms with Gasteiger partial charge in [-0.1, -0.05) is 13.8 Å². The summed E-state index contributed by atoms with van der Waals surface area (Å²) in [6.45, 7) is 12.0. The van der Waals surface area contributed by atoms with E-state index in [4.69, 9.17) is 9.72 Å². The third-order valence-electron chi connectivity index (χ3n) is 3.64. The minimum Gasteiger partial charge on any atom is -0.368 e. The van der Waals surface area contributed by atoms with Gasteiger partial charge in [0, 0.05) is 25.3 Å². The van der Waals surface area contributed by atoms with E-state index < -0.39 is 0 Å². The van der Waals surface area contributed by atoms with Crippen LogP contribution in [0.5, 0.6) is 0 Å². The van der Waals surface area contributed by atoms with Crippen LogP contribution in [0.2, 0.25) is 0 Å². The molecule has 0 spiro atoms. The Hall–Kier alpha value is -1.04. The van der Waals surface area contributed by atoms with E-state index in [1.54, 1.807) is 0 Å². The van der Waals surface area contributed by atoms with E-state index in [1.807, 2.05) is 6.92 Å². The maximum absolute atomic E-state index is 5.89. The number of ether oxygens (including phenoxy) is 1. The quantitative estimate of drug-likeness (QED) is 0.780. The maximum atomic E-state index is 5.89. The minimum absolute atomic E-state index is 0.00938. The number of hydrogen-bond donors (Lipinski definition) is 1. The molecular formula is C16H28N4O. The zero-order chi connectivity index (χ0) is 15.1. The van der Waals surface area contributed by atoms with Crippen molar-refractivity contribution in [3.05, 3.63) is 23.3 Å². The lowest BCUT2D eigenvalue weighted by Gasteiger charge is -2.32. The molecule has 2 rings (SSSR count). The number of rotatable bonds is 7. The second-order valence-electron chi connectivity index (χ2n) is 5.70. The number of nitrogens with zero attached hydrogens (tertiary/aromatic N) is 3. The average molecular weight is 292 g/mol. The second-order valence-corrected chi connectivity index (χ2v) is 5.70. The van der Waals surface area contributed by atoms with Crippen molar-refractivity contribution in [1.29, 1.82) is 0 Å². The predicted octanol–water partition coefficient (Wildman–Crippen LogP) is 2.07. The van der Waals surface area contributed by atoms with Crippen LogP contribution in [-0.2, 0) is 11.3 Å². The van der Waals surface area contributed by atoms with E-state index in [2.05, 4.69) is 35.1 Å². The Morgan fingerprint density at radius 1 is 1.33 bits per heavy atom. The molecule has 0 bridgehead atoms. The Kier molecular flexibility index (Phi) is 6.54. The fourth-order valence-electron chi connectivity index (χ4n) is 2.66. The summed E-state index contributed by atoms with van der Waals surface area (Å²) in [5.41, 5.74) is 2.08. The van der Waals surface area contributed by atoms with Crippen LogP contribution in [0.1, 0.15) is 50.0 Å². The van der Waals surface area contributed by atoms with E-state index in [9.17, 15) is 0 Å². The zero-order valence-electron chi connectivity index (χ0n) is 13.6. The van der Waals surface area contributed by atoms with Gasteiger partial charge in [-0.3, -0.25) is 4.90 Å². The Balaban J connectivity index is 2.04. The highest BCUT2D eigenvalue weighted by Crippen LogP contribution is 2.20. The lowest BCUT2D eigenvalue weighted by atomic mass is 10.2. The van der Waals surface area contributed by atoms with Crippen molar-refractivity contribution in [2.24, 2.45) is 0 Å². The first-order chi connectivity index (χ1) is 10.2. The molecule has 0 aliphatic carbocycles. The standard InChI is InChI=1S/C16H28N4O/c1-4-6-17-11-14-10-13(3)18-16(19-14)15-12-20(7-5-2)8-9-21-15/h10,15,17H,4-9,11-12H2,1-3H3. The molecule has 0 saturated carbocycles. The summed E-state index contributed by atoms with van der Waals surface area (Å²) in [6, 6.07) is 2.05. The number of nitrogens with one attached hydrogen (secondary N) is 1. The largest absolute Gasteiger partial charge is 0.368 e. The monoisotopic (exact) mass is 292 g/mol. The summed E-state index contributed by atoms with van der Waals surface area (Å²) >= 11 is 0. The molecular weight excluding hydrogens is 264 g/mol. The van der Waals surface area contributed by atoms with Crippen LogP contribution < -0.4 is 5.32 Å². The molecule has 1 aliphatic heterocycles. The van der Waals surface area contributed by atoms with Crippen molar-refractivity contribution < 1.29 is 4.74 Å². The summed E-state index contributed by atoms with van der Waals surface area (Å²) in [7, 11) is 0. The molecule has 5 nitrogen and oxygen atoms in total. The summed E-state index contributed by atoms with van der Waals surface area (Å²) < 4.78 is 5.89. The van der Waals surface area contributed by atoms with E-state index in [-0.39, 0.29) is 6.10 Å². The van der Waals surface area contributed by atoms with Crippen LogP contribution in [0.15, 0.2) is 6.07 Å². The van der Waals surface area contributed by atoms with Gasteiger partial charge in [-0.15, -0.1) is 0 Å². The Bertz CT molecular complexity index is 436. The first-order valence-electron chi connectivity index (χ1n) is 8.12. The van der Waals surface area contributed by atoms with Gasteiger partial charge in [-0.25, -0.2) is 9.97 Å². The van der Waals surface area contributed by atoms with Gasteiger partial charge in [0.05, 0.1) is 12.3 Å². The molecule has 1 atom stereocenters. The van der Waals surface area contributed by atoms with Crippen molar-refractivity contribution in [3.8, 4) is 0 Å². The summed E-state index contributed by atoms with van der Waals surface area (Å²) in [4.78, 5) is 11.7.